The van der Waals surface area contributed by atoms with Gasteiger partial charge in [-0.25, -0.2) is 9.18 Å². The summed E-state index contributed by atoms with van der Waals surface area (Å²) in [6.07, 6.45) is 3.29. The summed E-state index contributed by atoms with van der Waals surface area (Å²) in [5, 5.41) is 12.6. The maximum atomic E-state index is 14.6. The number of nitrogens with zero attached hydrogens (tertiary/aromatic N) is 2. The van der Waals surface area contributed by atoms with E-state index in [0.717, 1.165) is 25.9 Å². The number of pyridine rings is 1. The molecule has 2 fully saturated rings. The molecule has 0 amide bonds. The van der Waals surface area contributed by atoms with Gasteiger partial charge in [0, 0.05) is 43.8 Å². The second kappa shape index (κ2) is 7.23. The van der Waals surface area contributed by atoms with Crippen molar-refractivity contribution in [2.24, 2.45) is 0 Å². The van der Waals surface area contributed by atoms with E-state index in [1.54, 1.807) is 6.07 Å². The zero-order chi connectivity index (χ0) is 16.8. The van der Waals surface area contributed by atoms with Crippen molar-refractivity contribution in [1.29, 1.82) is 0 Å². The zero-order valence-electron chi connectivity index (χ0n) is 15.8. The third-order valence-electron chi connectivity index (χ3n) is 4.73. The van der Waals surface area contributed by atoms with Gasteiger partial charge in [0.1, 0.15) is 11.4 Å². The molecule has 25 heavy (non-hydrogen) atoms. The van der Waals surface area contributed by atoms with Gasteiger partial charge >= 0.3 is 43.7 Å². The van der Waals surface area contributed by atoms with E-state index in [9.17, 15) is 19.1 Å². The molecule has 1 aromatic heterocycles. The Hall–Kier alpha value is -1.15. The first-order valence-electron chi connectivity index (χ1n) is 8.13. The molecular formula is C17H20CaFN3O3. The smallest absolute Gasteiger partial charge is 1.00 e. The normalized spacial score (nSPS) is 17.4. The molecule has 2 N–H and O–H groups in total. The molecule has 0 spiro atoms. The molecule has 0 radical (unpaired) electrons. The molecule has 6 nitrogen and oxygen atoms in total. The number of carboxylic acid groups (broad SMARTS) is 1. The van der Waals surface area contributed by atoms with Crippen LogP contribution in [0.2, 0.25) is 0 Å². The average Bonchev–Trinajstić information content (AvgIpc) is 3.40. The Labute approximate surface area is 176 Å². The first-order chi connectivity index (χ1) is 11.6. The van der Waals surface area contributed by atoms with E-state index in [1.807, 2.05) is 9.47 Å². The zero-order valence-corrected chi connectivity index (χ0v) is 16.0. The van der Waals surface area contributed by atoms with Crippen molar-refractivity contribution >= 4 is 60.3 Å². The Kier molecular flexibility index (Phi) is 5.39. The summed E-state index contributed by atoms with van der Waals surface area (Å²) in [7, 11) is 0. The third kappa shape index (κ3) is 3.43. The number of hydrogen-bond acceptors (Lipinski definition) is 4. The number of aromatic carboxylic acids is 1. The van der Waals surface area contributed by atoms with Crippen LogP contribution in [0.1, 0.15) is 32.1 Å². The number of benzene rings is 1. The van der Waals surface area contributed by atoms with E-state index in [1.165, 1.54) is 12.3 Å². The van der Waals surface area contributed by atoms with Crippen LogP contribution in [0, 0.1) is 5.82 Å². The van der Waals surface area contributed by atoms with E-state index in [-0.39, 0.29) is 57.6 Å². The van der Waals surface area contributed by atoms with Crippen LogP contribution in [0.25, 0.3) is 10.9 Å². The Balaban J connectivity index is 0.00000121. The van der Waals surface area contributed by atoms with Gasteiger partial charge in [0.2, 0.25) is 5.43 Å². The molecule has 4 rings (SSSR count). The molecule has 1 aliphatic heterocycles. The Morgan fingerprint density at radius 2 is 1.96 bits per heavy atom. The predicted molar refractivity (Wildman–Crippen MR) is 96.5 cm³/mol. The molecule has 0 bridgehead atoms. The second-order valence-electron chi connectivity index (χ2n) is 6.37. The number of carboxylic acids is 1. The summed E-state index contributed by atoms with van der Waals surface area (Å²) in [5.41, 5.74) is 0.159. The van der Waals surface area contributed by atoms with Gasteiger partial charge in [-0.05, 0) is 25.0 Å². The molecule has 8 heteroatoms. The summed E-state index contributed by atoms with van der Waals surface area (Å²) in [6, 6.07) is 3.08. The maximum Gasteiger partial charge on any atom is 2.00 e. The SMILES string of the molecule is O=C(O)c1cn(C2CC2)c2cc(N3CCNCC3)c(F)cc2c1=O.[Ca+2].[H-].[H-]. The topological polar surface area (TPSA) is 74.6 Å². The Morgan fingerprint density at radius 3 is 2.56 bits per heavy atom. The van der Waals surface area contributed by atoms with Gasteiger partial charge < -0.3 is 22.7 Å². The van der Waals surface area contributed by atoms with Gasteiger partial charge in [-0.15, -0.1) is 0 Å². The van der Waals surface area contributed by atoms with Crippen molar-refractivity contribution in [2.45, 2.75) is 18.9 Å². The van der Waals surface area contributed by atoms with E-state index < -0.39 is 17.2 Å². The van der Waals surface area contributed by atoms with E-state index in [2.05, 4.69) is 5.32 Å². The fourth-order valence-electron chi connectivity index (χ4n) is 3.31. The Bertz CT molecular complexity index is 899. The molecular weight excluding hydrogens is 353 g/mol. The number of rotatable bonds is 3. The number of fused-ring (bicyclic) bond motifs is 1. The summed E-state index contributed by atoms with van der Waals surface area (Å²) in [4.78, 5) is 25.7. The van der Waals surface area contributed by atoms with Crippen LogP contribution in [-0.4, -0.2) is 79.6 Å². The summed E-state index contributed by atoms with van der Waals surface area (Å²) >= 11 is 0. The molecule has 2 aliphatic rings. The second-order valence-corrected chi connectivity index (χ2v) is 6.37. The minimum absolute atomic E-state index is 0. The molecule has 2 aromatic rings. The van der Waals surface area contributed by atoms with Crippen molar-refractivity contribution < 1.29 is 17.1 Å². The van der Waals surface area contributed by atoms with Crippen LogP contribution < -0.4 is 15.6 Å². The quantitative estimate of drug-likeness (QED) is 0.796. The number of hydrogen-bond donors (Lipinski definition) is 2. The number of aromatic nitrogens is 1. The van der Waals surface area contributed by atoms with Crippen molar-refractivity contribution in [2.75, 3.05) is 31.1 Å². The molecule has 2 heterocycles. The number of piperazine rings is 1. The molecule has 1 saturated carbocycles. The van der Waals surface area contributed by atoms with E-state index in [4.69, 9.17) is 0 Å². The number of halogens is 1. The molecule has 130 valence electrons. The van der Waals surface area contributed by atoms with Gasteiger partial charge in [-0.3, -0.25) is 4.79 Å². The van der Waals surface area contributed by atoms with Crippen molar-refractivity contribution in [1.82, 2.24) is 9.88 Å². The Morgan fingerprint density at radius 1 is 1.28 bits per heavy atom. The first kappa shape index (κ1) is 18.6. The molecule has 0 atom stereocenters. The van der Waals surface area contributed by atoms with Gasteiger partial charge in [0.25, 0.3) is 0 Å². The number of carbonyl (C=O) groups is 1. The summed E-state index contributed by atoms with van der Waals surface area (Å²) in [6.45, 7) is 2.96. The third-order valence-corrected chi connectivity index (χ3v) is 4.73. The fourth-order valence-corrected chi connectivity index (χ4v) is 3.31. The van der Waals surface area contributed by atoms with E-state index >= 15 is 0 Å². The molecule has 1 aliphatic carbocycles. The number of anilines is 1. The van der Waals surface area contributed by atoms with Crippen molar-refractivity contribution in [3.8, 4) is 0 Å². The molecule has 1 saturated heterocycles. The maximum absolute atomic E-state index is 14.6. The van der Waals surface area contributed by atoms with Crippen LogP contribution in [0.3, 0.4) is 0 Å². The largest absolute Gasteiger partial charge is 2.00 e. The monoisotopic (exact) mass is 373 g/mol. The molecule has 1 aromatic carbocycles. The first-order valence-corrected chi connectivity index (χ1v) is 8.13. The van der Waals surface area contributed by atoms with Crippen LogP contribution >= 0.6 is 0 Å². The minimum Gasteiger partial charge on any atom is -1.00 e. The van der Waals surface area contributed by atoms with E-state index in [0.29, 0.717) is 24.3 Å². The number of nitrogens with one attached hydrogen (secondary N) is 1. The van der Waals surface area contributed by atoms with Crippen LogP contribution in [0.4, 0.5) is 10.1 Å². The minimum atomic E-state index is -1.28. The summed E-state index contributed by atoms with van der Waals surface area (Å²) < 4.78 is 16.4. The molecule has 0 unspecified atom stereocenters. The van der Waals surface area contributed by atoms with Crippen LogP contribution in [0.5, 0.6) is 0 Å². The fraction of sp³-hybridized carbons (Fsp3) is 0.412. The van der Waals surface area contributed by atoms with Crippen molar-refractivity contribution in [3.63, 3.8) is 0 Å². The van der Waals surface area contributed by atoms with Gasteiger partial charge in [0.05, 0.1) is 11.2 Å². The summed E-state index contributed by atoms with van der Waals surface area (Å²) in [5.74, 6) is -1.76. The van der Waals surface area contributed by atoms with Gasteiger partial charge in [0.15, 0.2) is 0 Å². The van der Waals surface area contributed by atoms with Crippen LogP contribution in [-0.2, 0) is 0 Å². The predicted octanol–water partition coefficient (Wildman–Crippen LogP) is 1.43. The van der Waals surface area contributed by atoms with Crippen molar-refractivity contribution in [3.05, 3.63) is 39.9 Å². The van der Waals surface area contributed by atoms with Gasteiger partial charge in [-0.2, -0.15) is 0 Å². The average molecular weight is 373 g/mol. The van der Waals surface area contributed by atoms with Gasteiger partial charge in [-0.1, -0.05) is 0 Å². The standard InChI is InChI=1S/C17H18FN3O3.Ca.2H/c18-13-7-11-14(8-15(13)20-5-3-19-4-6-20)21(10-1-2-10)9-12(16(11)22)17(23)24;;;/h7-10,19H,1-6H2,(H,23,24);;;/q;+2;2*-1. The van der Waals surface area contributed by atoms with Crippen LogP contribution in [0.15, 0.2) is 23.1 Å².